The molecule has 1 aromatic rings. The van der Waals surface area contributed by atoms with Gasteiger partial charge >= 0.3 is 5.97 Å². The van der Waals surface area contributed by atoms with Crippen LogP contribution in [0, 0.1) is 6.92 Å². The van der Waals surface area contributed by atoms with Gasteiger partial charge in [0.15, 0.2) is 0 Å². The molecule has 1 fully saturated rings. The van der Waals surface area contributed by atoms with E-state index in [1.165, 1.54) is 12.1 Å². The van der Waals surface area contributed by atoms with E-state index in [1.807, 2.05) is 0 Å². The van der Waals surface area contributed by atoms with Crippen LogP contribution in [0.3, 0.4) is 0 Å². The number of hydrogen-bond acceptors (Lipinski definition) is 4. The highest BCUT2D eigenvalue weighted by Gasteiger charge is 2.23. The number of carbonyl (C=O) groups excluding carboxylic acids is 1. The van der Waals surface area contributed by atoms with Gasteiger partial charge in [-0.2, -0.15) is 0 Å². The van der Waals surface area contributed by atoms with Gasteiger partial charge in [-0.3, -0.25) is 0 Å². The van der Waals surface area contributed by atoms with E-state index in [2.05, 4.69) is 0 Å². The average molecular weight is 289 g/mol. The van der Waals surface area contributed by atoms with Gasteiger partial charge in [0, 0.05) is 10.7 Å². The van der Waals surface area contributed by atoms with E-state index in [-0.39, 0.29) is 16.6 Å². The number of rotatable bonds is 3. The lowest BCUT2D eigenvalue weighted by molar-refractivity contribution is 0.00897. The summed E-state index contributed by atoms with van der Waals surface area (Å²) >= 11 is 0. The van der Waals surface area contributed by atoms with Crippen molar-refractivity contribution in [2.24, 2.45) is 0 Å². The largest absolute Gasteiger partial charge is 0.459 e. The zero-order valence-corrected chi connectivity index (χ0v) is 11.4. The van der Waals surface area contributed by atoms with Crippen molar-refractivity contribution in [3.05, 3.63) is 29.3 Å². The van der Waals surface area contributed by atoms with Crippen LogP contribution in [0.4, 0.5) is 0 Å². The molecule has 0 N–H and O–H groups in total. The van der Waals surface area contributed by atoms with Gasteiger partial charge in [0.25, 0.3) is 9.05 Å². The smallest absolute Gasteiger partial charge is 0.338 e. The Bertz CT molecular complexity index is 576. The number of ether oxygens (including phenoxy) is 1. The zero-order valence-electron chi connectivity index (χ0n) is 9.85. The summed E-state index contributed by atoms with van der Waals surface area (Å²) < 4.78 is 27.7. The minimum Gasteiger partial charge on any atom is -0.459 e. The molecule has 0 aromatic heterocycles. The van der Waals surface area contributed by atoms with Crippen LogP contribution in [0.5, 0.6) is 0 Å². The summed E-state index contributed by atoms with van der Waals surface area (Å²) in [6, 6.07) is 4.26. The highest BCUT2D eigenvalue weighted by molar-refractivity contribution is 8.13. The summed E-state index contributed by atoms with van der Waals surface area (Å²) in [6.07, 6.45) is 2.78. The van der Waals surface area contributed by atoms with E-state index in [1.54, 1.807) is 13.0 Å². The van der Waals surface area contributed by atoms with Crippen LogP contribution in [0.15, 0.2) is 23.1 Å². The molecular formula is C12H13ClO4S. The van der Waals surface area contributed by atoms with Crippen LogP contribution in [-0.2, 0) is 13.8 Å². The molecule has 0 atom stereocenters. The topological polar surface area (TPSA) is 60.4 Å². The molecule has 98 valence electrons. The fourth-order valence-electron chi connectivity index (χ4n) is 1.71. The van der Waals surface area contributed by atoms with Gasteiger partial charge in [-0.05, 0) is 49.9 Å². The van der Waals surface area contributed by atoms with Crippen molar-refractivity contribution in [2.45, 2.75) is 37.2 Å². The van der Waals surface area contributed by atoms with Crippen molar-refractivity contribution < 1.29 is 17.9 Å². The lowest BCUT2D eigenvalue weighted by Gasteiger charge is -2.25. The molecule has 1 saturated carbocycles. The van der Waals surface area contributed by atoms with Gasteiger partial charge in [-0.25, -0.2) is 13.2 Å². The number of aryl methyl sites for hydroxylation is 1. The van der Waals surface area contributed by atoms with Crippen molar-refractivity contribution in [1.82, 2.24) is 0 Å². The second-order valence-electron chi connectivity index (χ2n) is 4.43. The van der Waals surface area contributed by atoms with E-state index >= 15 is 0 Å². The van der Waals surface area contributed by atoms with E-state index in [4.69, 9.17) is 15.4 Å². The molecular weight excluding hydrogens is 276 g/mol. The van der Waals surface area contributed by atoms with E-state index in [0.29, 0.717) is 5.56 Å². The maximum atomic E-state index is 11.8. The Morgan fingerprint density at radius 2 is 2.00 bits per heavy atom. The Balaban J connectivity index is 2.27. The van der Waals surface area contributed by atoms with Gasteiger partial charge in [0.1, 0.15) is 6.10 Å². The number of halogens is 1. The van der Waals surface area contributed by atoms with E-state index in [9.17, 15) is 13.2 Å². The van der Waals surface area contributed by atoms with Gasteiger partial charge < -0.3 is 4.74 Å². The van der Waals surface area contributed by atoms with Crippen LogP contribution in [0.1, 0.15) is 35.2 Å². The Labute approximate surface area is 110 Å². The van der Waals surface area contributed by atoms with Crippen LogP contribution in [-0.4, -0.2) is 20.5 Å². The summed E-state index contributed by atoms with van der Waals surface area (Å²) in [5, 5.41) is 0. The summed E-state index contributed by atoms with van der Waals surface area (Å²) in [5.41, 5.74) is 0.874. The van der Waals surface area contributed by atoms with Crippen molar-refractivity contribution >= 4 is 25.7 Å². The molecule has 0 unspecified atom stereocenters. The van der Waals surface area contributed by atoms with Crippen molar-refractivity contribution in [3.8, 4) is 0 Å². The Morgan fingerprint density at radius 3 is 2.50 bits per heavy atom. The summed E-state index contributed by atoms with van der Waals surface area (Å²) in [4.78, 5) is 11.7. The molecule has 1 aromatic carbocycles. The predicted octanol–water partition coefficient (Wildman–Crippen LogP) is 2.63. The third-order valence-electron chi connectivity index (χ3n) is 2.89. The van der Waals surface area contributed by atoms with Gasteiger partial charge in [-0.15, -0.1) is 0 Å². The molecule has 2 rings (SSSR count). The van der Waals surface area contributed by atoms with Gasteiger partial charge in [0.2, 0.25) is 0 Å². The third kappa shape index (κ3) is 3.03. The fraction of sp³-hybridized carbons (Fsp3) is 0.417. The quantitative estimate of drug-likeness (QED) is 0.634. The fourth-order valence-corrected chi connectivity index (χ4v) is 2.58. The van der Waals surface area contributed by atoms with E-state index < -0.39 is 15.0 Å². The van der Waals surface area contributed by atoms with Gasteiger partial charge in [-0.1, -0.05) is 0 Å². The predicted molar refractivity (Wildman–Crippen MR) is 67.3 cm³/mol. The maximum absolute atomic E-state index is 11.8. The first-order valence-corrected chi connectivity index (χ1v) is 7.94. The number of benzene rings is 1. The molecule has 1 aliphatic rings. The Hall–Kier alpha value is -1.07. The first-order chi connectivity index (χ1) is 8.36. The molecule has 0 saturated heterocycles. The highest BCUT2D eigenvalue weighted by Crippen LogP contribution is 2.24. The summed E-state index contributed by atoms with van der Waals surface area (Å²) in [5.74, 6) is -0.495. The molecule has 0 amide bonds. The molecule has 18 heavy (non-hydrogen) atoms. The lowest BCUT2D eigenvalue weighted by atomic mass is 9.96. The standard InChI is InChI=1S/C12H13ClO4S/c1-8-5-9(7-11(6-8)18(13,15)16)12(14)17-10-3-2-4-10/h5-7,10H,2-4H2,1H3. The first-order valence-electron chi connectivity index (χ1n) is 5.63. The van der Waals surface area contributed by atoms with Crippen molar-refractivity contribution in [2.75, 3.05) is 0 Å². The van der Waals surface area contributed by atoms with Crippen LogP contribution < -0.4 is 0 Å². The second-order valence-corrected chi connectivity index (χ2v) is 7.00. The monoisotopic (exact) mass is 288 g/mol. The summed E-state index contributed by atoms with van der Waals surface area (Å²) in [7, 11) is 1.43. The lowest BCUT2D eigenvalue weighted by Crippen LogP contribution is -2.25. The minimum atomic E-state index is -3.84. The maximum Gasteiger partial charge on any atom is 0.338 e. The molecule has 0 aliphatic heterocycles. The third-order valence-corrected chi connectivity index (χ3v) is 4.23. The molecule has 0 spiro atoms. The summed E-state index contributed by atoms with van der Waals surface area (Å²) in [6.45, 7) is 1.70. The zero-order chi connectivity index (χ0) is 13.3. The number of carbonyl (C=O) groups is 1. The van der Waals surface area contributed by atoms with Crippen molar-refractivity contribution in [1.29, 1.82) is 0 Å². The molecule has 4 nitrogen and oxygen atoms in total. The highest BCUT2D eigenvalue weighted by atomic mass is 35.7. The molecule has 1 aliphatic carbocycles. The molecule has 6 heteroatoms. The van der Waals surface area contributed by atoms with E-state index in [0.717, 1.165) is 19.3 Å². The average Bonchev–Trinajstić information content (AvgIpc) is 2.21. The number of hydrogen-bond donors (Lipinski definition) is 0. The molecule has 0 radical (unpaired) electrons. The SMILES string of the molecule is Cc1cc(C(=O)OC2CCC2)cc(S(=O)(=O)Cl)c1. The minimum absolute atomic E-state index is 0.0333. The van der Waals surface area contributed by atoms with Gasteiger partial charge in [0.05, 0.1) is 10.5 Å². The van der Waals surface area contributed by atoms with Crippen LogP contribution in [0.2, 0.25) is 0 Å². The Kier molecular flexibility index (Phi) is 3.64. The normalized spacial score (nSPS) is 16.1. The molecule has 0 heterocycles. The van der Waals surface area contributed by atoms with Crippen molar-refractivity contribution in [3.63, 3.8) is 0 Å². The Morgan fingerprint density at radius 1 is 1.33 bits per heavy atom. The van der Waals surface area contributed by atoms with Crippen LogP contribution in [0.25, 0.3) is 0 Å². The first kappa shape index (κ1) is 13.4. The second kappa shape index (κ2) is 4.90. The molecule has 0 bridgehead atoms. The number of esters is 1. The van der Waals surface area contributed by atoms with Crippen LogP contribution >= 0.6 is 10.7 Å².